The SMILES string of the molecule is C(=C\c1cc2cc(C3=NCCN3)ccc2s1)/c1ccc(C2=NCCN2)cc1.Cl. The van der Waals surface area contributed by atoms with Gasteiger partial charge in [-0.2, -0.15) is 0 Å². The van der Waals surface area contributed by atoms with Crippen molar-refractivity contribution in [2.75, 3.05) is 26.2 Å². The number of halogens is 1. The minimum Gasteiger partial charge on any atom is -0.368 e. The molecule has 0 bridgehead atoms. The van der Waals surface area contributed by atoms with Crippen LogP contribution in [0.3, 0.4) is 0 Å². The van der Waals surface area contributed by atoms with Gasteiger partial charge in [0.2, 0.25) is 0 Å². The highest BCUT2D eigenvalue weighted by Crippen LogP contribution is 2.28. The first-order valence-electron chi connectivity index (χ1n) is 9.24. The fourth-order valence-corrected chi connectivity index (χ4v) is 4.35. The maximum atomic E-state index is 4.51. The van der Waals surface area contributed by atoms with Crippen molar-refractivity contribution in [1.82, 2.24) is 10.6 Å². The normalized spacial score (nSPS) is 15.9. The van der Waals surface area contributed by atoms with Crippen molar-refractivity contribution in [2.24, 2.45) is 9.98 Å². The molecule has 2 aliphatic rings. The number of thiophene rings is 1. The van der Waals surface area contributed by atoms with E-state index in [1.54, 1.807) is 0 Å². The van der Waals surface area contributed by atoms with Gasteiger partial charge in [-0.1, -0.05) is 30.3 Å². The Balaban J connectivity index is 0.00000192. The van der Waals surface area contributed by atoms with E-state index >= 15 is 0 Å². The van der Waals surface area contributed by atoms with Gasteiger partial charge in [0.1, 0.15) is 11.7 Å². The zero-order valence-electron chi connectivity index (χ0n) is 15.3. The summed E-state index contributed by atoms with van der Waals surface area (Å²) in [5.41, 5.74) is 3.52. The lowest BCUT2D eigenvalue weighted by Gasteiger charge is -2.02. The molecule has 0 unspecified atom stereocenters. The molecule has 4 nitrogen and oxygen atoms in total. The van der Waals surface area contributed by atoms with Crippen molar-refractivity contribution in [1.29, 1.82) is 0 Å². The molecule has 0 saturated carbocycles. The van der Waals surface area contributed by atoms with Gasteiger partial charge < -0.3 is 10.6 Å². The number of benzene rings is 2. The largest absolute Gasteiger partial charge is 0.368 e. The highest BCUT2D eigenvalue weighted by molar-refractivity contribution is 7.19. The summed E-state index contributed by atoms with van der Waals surface area (Å²) < 4.78 is 1.30. The molecule has 0 radical (unpaired) electrons. The van der Waals surface area contributed by atoms with Crippen LogP contribution >= 0.6 is 23.7 Å². The summed E-state index contributed by atoms with van der Waals surface area (Å²) in [4.78, 5) is 10.2. The Morgan fingerprint density at radius 1 is 0.786 bits per heavy atom. The number of aliphatic imine (C=N–C) groups is 2. The maximum absolute atomic E-state index is 4.51. The second-order valence-corrected chi connectivity index (χ2v) is 7.79. The Morgan fingerprint density at radius 2 is 1.46 bits per heavy atom. The highest BCUT2D eigenvalue weighted by atomic mass is 35.5. The zero-order valence-corrected chi connectivity index (χ0v) is 16.9. The van der Waals surface area contributed by atoms with Crippen LogP contribution in [0.1, 0.15) is 21.6 Å². The number of amidine groups is 2. The summed E-state index contributed by atoms with van der Waals surface area (Å²) in [6, 6.07) is 17.4. The van der Waals surface area contributed by atoms with E-state index in [0.717, 1.165) is 43.4 Å². The summed E-state index contributed by atoms with van der Waals surface area (Å²) in [6.45, 7) is 3.61. The first-order chi connectivity index (χ1) is 13.3. The Morgan fingerprint density at radius 3 is 2.14 bits per heavy atom. The van der Waals surface area contributed by atoms with Gasteiger partial charge in [-0.25, -0.2) is 0 Å². The minimum atomic E-state index is 0. The van der Waals surface area contributed by atoms with Crippen LogP contribution in [0.2, 0.25) is 0 Å². The molecule has 2 aliphatic heterocycles. The first-order valence-corrected chi connectivity index (χ1v) is 10.1. The average molecular weight is 409 g/mol. The molecule has 0 atom stereocenters. The van der Waals surface area contributed by atoms with Gasteiger partial charge in [0.15, 0.2) is 0 Å². The molecule has 3 heterocycles. The highest BCUT2D eigenvalue weighted by Gasteiger charge is 2.10. The quantitative estimate of drug-likeness (QED) is 0.679. The van der Waals surface area contributed by atoms with E-state index in [9.17, 15) is 0 Å². The van der Waals surface area contributed by atoms with Gasteiger partial charge in [-0.15, -0.1) is 23.7 Å². The number of nitrogens with one attached hydrogen (secondary N) is 2. The van der Waals surface area contributed by atoms with E-state index in [-0.39, 0.29) is 12.4 Å². The summed E-state index contributed by atoms with van der Waals surface area (Å²) in [5.74, 6) is 2.02. The molecule has 5 rings (SSSR count). The lowest BCUT2D eigenvalue weighted by Crippen LogP contribution is -2.19. The summed E-state index contributed by atoms with van der Waals surface area (Å²) >= 11 is 1.82. The van der Waals surface area contributed by atoms with E-state index in [4.69, 9.17) is 0 Å². The number of hydrogen-bond donors (Lipinski definition) is 2. The van der Waals surface area contributed by atoms with Crippen LogP contribution in [-0.4, -0.2) is 37.9 Å². The Labute approximate surface area is 174 Å². The summed E-state index contributed by atoms with van der Waals surface area (Å²) in [6.07, 6.45) is 4.36. The van der Waals surface area contributed by atoms with Gasteiger partial charge in [0, 0.05) is 33.8 Å². The van der Waals surface area contributed by atoms with Crippen LogP contribution in [0.4, 0.5) is 0 Å². The maximum Gasteiger partial charge on any atom is 0.128 e. The second-order valence-electron chi connectivity index (χ2n) is 6.67. The third-order valence-electron chi connectivity index (χ3n) is 4.78. The molecule has 0 amide bonds. The van der Waals surface area contributed by atoms with Crippen LogP contribution < -0.4 is 10.6 Å². The third-order valence-corrected chi connectivity index (χ3v) is 5.86. The predicted molar refractivity (Wildman–Crippen MR) is 123 cm³/mol. The molecule has 0 aliphatic carbocycles. The van der Waals surface area contributed by atoms with Crippen LogP contribution in [0.15, 0.2) is 58.5 Å². The molecule has 1 aromatic heterocycles. The Kier molecular flexibility index (Phi) is 5.46. The van der Waals surface area contributed by atoms with Crippen molar-refractivity contribution in [3.8, 4) is 0 Å². The first kappa shape index (κ1) is 18.7. The second kappa shape index (κ2) is 8.17. The number of rotatable bonds is 4. The molecule has 142 valence electrons. The minimum absolute atomic E-state index is 0. The molecule has 0 fully saturated rings. The number of nitrogens with zero attached hydrogens (tertiary/aromatic N) is 2. The van der Waals surface area contributed by atoms with E-state index < -0.39 is 0 Å². The van der Waals surface area contributed by atoms with E-state index in [2.05, 4.69) is 81.3 Å². The van der Waals surface area contributed by atoms with Crippen molar-refractivity contribution in [2.45, 2.75) is 0 Å². The lowest BCUT2D eigenvalue weighted by atomic mass is 10.1. The van der Waals surface area contributed by atoms with Crippen molar-refractivity contribution in [3.63, 3.8) is 0 Å². The molecular weight excluding hydrogens is 388 g/mol. The fraction of sp³-hybridized carbons (Fsp3) is 0.182. The van der Waals surface area contributed by atoms with Gasteiger partial charge in [-0.3, -0.25) is 9.98 Å². The zero-order chi connectivity index (χ0) is 18.1. The Bertz CT molecular complexity index is 1080. The predicted octanol–water partition coefficient (Wildman–Crippen LogP) is 4.19. The third kappa shape index (κ3) is 3.81. The van der Waals surface area contributed by atoms with Gasteiger partial charge in [-0.05, 0) is 41.3 Å². The van der Waals surface area contributed by atoms with E-state index in [1.165, 1.54) is 26.1 Å². The molecule has 28 heavy (non-hydrogen) atoms. The van der Waals surface area contributed by atoms with Crippen LogP contribution in [0, 0.1) is 0 Å². The van der Waals surface area contributed by atoms with Crippen molar-refractivity contribution >= 4 is 57.7 Å². The lowest BCUT2D eigenvalue weighted by molar-refractivity contribution is 0.960. The van der Waals surface area contributed by atoms with Crippen LogP contribution in [0.25, 0.3) is 22.2 Å². The molecule has 0 saturated heterocycles. The van der Waals surface area contributed by atoms with Crippen LogP contribution in [0.5, 0.6) is 0 Å². The molecule has 0 spiro atoms. The Hall–Kier alpha value is -2.63. The summed E-state index contributed by atoms with van der Waals surface area (Å²) in [5, 5.41) is 7.93. The van der Waals surface area contributed by atoms with E-state index in [1.807, 2.05) is 11.3 Å². The smallest absolute Gasteiger partial charge is 0.128 e. The molecular formula is C22H21ClN4S. The topological polar surface area (TPSA) is 48.8 Å². The monoisotopic (exact) mass is 408 g/mol. The average Bonchev–Trinajstić information content (AvgIpc) is 3.47. The van der Waals surface area contributed by atoms with E-state index in [0.29, 0.717) is 0 Å². The molecule has 3 aromatic rings. The van der Waals surface area contributed by atoms with Crippen molar-refractivity contribution < 1.29 is 0 Å². The molecule has 6 heteroatoms. The summed E-state index contributed by atoms with van der Waals surface area (Å²) in [7, 11) is 0. The van der Waals surface area contributed by atoms with Gasteiger partial charge in [0.05, 0.1) is 13.1 Å². The number of fused-ring (bicyclic) bond motifs is 1. The molecule has 2 aromatic carbocycles. The van der Waals surface area contributed by atoms with Gasteiger partial charge >= 0.3 is 0 Å². The standard InChI is InChI=1S/C22H20N4S.ClH/c1-4-16(21-23-9-10-24-21)5-2-15(1)3-7-19-14-18-13-17(6-8-20(18)27-19)22-25-11-12-26-22;/h1-8,13-14H,9-12H2,(H,23,24)(H,25,26);1H/b7-3+;. The van der Waals surface area contributed by atoms with Gasteiger partial charge in [0.25, 0.3) is 0 Å². The van der Waals surface area contributed by atoms with Crippen molar-refractivity contribution in [3.05, 3.63) is 70.1 Å². The molecule has 2 N–H and O–H groups in total. The number of hydrogen-bond acceptors (Lipinski definition) is 5. The van der Waals surface area contributed by atoms with Crippen LogP contribution in [-0.2, 0) is 0 Å². The fourth-order valence-electron chi connectivity index (χ4n) is 3.41.